The van der Waals surface area contributed by atoms with E-state index in [1.54, 1.807) is 18.2 Å². The molecule has 2 aromatic rings. The summed E-state index contributed by atoms with van der Waals surface area (Å²) in [6, 6.07) is 5.09. The zero-order valence-electron chi connectivity index (χ0n) is 12.8. The first-order valence-electron chi connectivity index (χ1n) is 6.76. The molecular formula is C15H16Br2N4O2. The molecule has 0 fully saturated rings. The van der Waals surface area contributed by atoms with Crippen LogP contribution in [0.2, 0.25) is 0 Å². The standard InChI is InChI=1S/C15H16Br2N4O2/c1-15(2,3)12-6-11(19-20-12)14(23)21-18-7-8-4-9(16)5-10(17)13(8)22/h4-7,22H,1-3H3,(H,19,20)(H,21,23). The van der Waals surface area contributed by atoms with Crippen molar-refractivity contribution in [3.05, 3.63) is 44.1 Å². The SMILES string of the molecule is CC(C)(C)c1cc(C(=O)NN=Cc2cc(Br)cc(Br)c2O)n[nH]1. The Morgan fingerprint density at radius 1 is 1.35 bits per heavy atom. The zero-order chi connectivity index (χ0) is 17.2. The van der Waals surface area contributed by atoms with Crippen LogP contribution in [0.5, 0.6) is 5.75 Å². The van der Waals surface area contributed by atoms with Gasteiger partial charge >= 0.3 is 0 Å². The Morgan fingerprint density at radius 3 is 2.65 bits per heavy atom. The van der Waals surface area contributed by atoms with Gasteiger partial charge in [0.25, 0.3) is 5.91 Å². The van der Waals surface area contributed by atoms with Crippen LogP contribution in [-0.4, -0.2) is 27.4 Å². The van der Waals surface area contributed by atoms with Crippen LogP contribution in [0.25, 0.3) is 0 Å². The van der Waals surface area contributed by atoms with E-state index in [1.807, 2.05) is 20.8 Å². The van der Waals surface area contributed by atoms with Crippen molar-refractivity contribution in [1.82, 2.24) is 15.6 Å². The van der Waals surface area contributed by atoms with Gasteiger partial charge in [-0.1, -0.05) is 36.7 Å². The monoisotopic (exact) mass is 442 g/mol. The fourth-order valence-corrected chi connectivity index (χ4v) is 2.98. The number of H-pyrrole nitrogens is 1. The summed E-state index contributed by atoms with van der Waals surface area (Å²) < 4.78 is 1.30. The molecule has 1 heterocycles. The van der Waals surface area contributed by atoms with Crippen molar-refractivity contribution in [1.29, 1.82) is 0 Å². The average molecular weight is 444 g/mol. The summed E-state index contributed by atoms with van der Waals surface area (Å²) >= 11 is 6.55. The lowest BCUT2D eigenvalue weighted by Crippen LogP contribution is -2.18. The summed E-state index contributed by atoms with van der Waals surface area (Å²) in [5.74, 6) is -0.387. The molecule has 2 rings (SSSR count). The predicted molar refractivity (Wildman–Crippen MR) is 95.9 cm³/mol. The number of phenols is 1. The van der Waals surface area contributed by atoms with Crippen LogP contribution >= 0.6 is 31.9 Å². The first kappa shape index (κ1) is 17.7. The molecule has 1 amide bonds. The number of amides is 1. The fourth-order valence-electron chi connectivity index (χ4n) is 1.72. The summed E-state index contributed by atoms with van der Waals surface area (Å²) in [4.78, 5) is 12.0. The van der Waals surface area contributed by atoms with Gasteiger partial charge < -0.3 is 5.11 Å². The number of halogens is 2. The third kappa shape index (κ3) is 4.42. The van der Waals surface area contributed by atoms with Crippen molar-refractivity contribution in [3.63, 3.8) is 0 Å². The van der Waals surface area contributed by atoms with Crippen LogP contribution in [0.1, 0.15) is 42.5 Å². The minimum atomic E-state index is -0.429. The molecule has 3 N–H and O–H groups in total. The van der Waals surface area contributed by atoms with Crippen LogP contribution in [0.15, 0.2) is 32.2 Å². The number of carbonyl (C=O) groups is 1. The van der Waals surface area contributed by atoms with Gasteiger partial charge in [-0.05, 0) is 34.1 Å². The third-order valence-corrected chi connectivity index (χ3v) is 4.11. The van der Waals surface area contributed by atoms with Crippen LogP contribution in [0.3, 0.4) is 0 Å². The molecule has 0 saturated heterocycles. The van der Waals surface area contributed by atoms with E-state index in [4.69, 9.17) is 0 Å². The quantitative estimate of drug-likeness (QED) is 0.498. The van der Waals surface area contributed by atoms with E-state index in [1.165, 1.54) is 6.21 Å². The molecule has 0 radical (unpaired) electrons. The Hall–Kier alpha value is -1.67. The van der Waals surface area contributed by atoms with Gasteiger partial charge in [0, 0.05) is 21.1 Å². The van der Waals surface area contributed by atoms with Crippen molar-refractivity contribution in [2.24, 2.45) is 5.10 Å². The van der Waals surface area contributed by atoms with Crippen molar-refractivity contribution in [2.75, 3.05) is 0 Å². The van der Waals surface area contributed by atoms with Crippen molar-refractivity contribution >= 4 is 44.0 Å². The van der Waals surface area contributed by atoms with E-state index in [9.17, 15) is 9.90 Å². The maximum Gasteiger partial charge on any atom is 0.291 e. The summed E-state index contributed by atoms with van der Waals surface area (Å²) in [7, 11) is 0. The number of hydrogen-bond acceptors (Lipinski definition) is 4. The predicted octanol–water partition coefficient (Wildman–Crippen LogP) is 3.70. The normalized spacial score (nSPS) is 11.9. The second-order valence-electron chi connectivity index (χ2n) is 5.94. The van der Waals surface area contributed by atoms with Gasteiger partial charge in [0.2, 0.25) is 0 Å². The van der Waals surface area contributed by atoms with E-state index >= 15 is 0 Å². The summed E-state index contributed by atoms with van der Waals surface area (Å²) in [5.41, 5.74) is 3.84. The van der Waals surface area contributed by atoms with Gasteiger partial charge in [0.15, 0.2) is 5.69 Å². The molecule has 1 aromatic carbocycles. The molecule has 122 valence electrons. The van der Waals surface area contributed by atoms with E-state index < -0.39 is 5.91 Å². The molecule has 8 heteroatoms. The number of aromatic amines is 1. The molecule has 0 atom stereocenters. The van der Waals surface area contributed by atoms with Gasteiger partial charge in [-0.15, -0.1) is 0 Å². The lowest BCUT2D eigenvalue weighted by atomic mass is 9.92. The molecule has 0 spiro atoms. The first-order valence-corrected chi connectivity index (χ1v) is 8.34. The Labute approximate surface area is 150 Å². The number of aromatic nitrogens is 2. The summed E-state index contributed by atoms with van der Waals surface area (Å²) in [5, 5.41) is 20.6. The van der Waals surface area contributed by atoms with Gasteiger partial charge in [0.1, 0.15) is 5.75 Å². The second kappa shape index (κ2) is 6.84. The highest BCUT2D eigenvalue weighted by atomic mass is 79.9. The molecule has 0 bridgehead atoms. The fraction of sp³-hybridized carbons (Fsp3) is 0.267. The number of benzene rings is 1. The van der Waals surface area contributed by atoms with Crippen molar-refractivity contribution in [3.8, 4) is 5.75 Å². The maximum absolute atomic E-state index is 12.0. The van der Waals surface area contributed by atoms with E-state index in [0.717, 1.165) is 10.2 Å². The molecule has 1 aromatic heterocycles. The highest BCUT2D eigenvalue weighted by Crippen LogP contribution is 2.30. The smallest absolute Gasteiger partial charge is 0.291 e. The highest BCUT2D eigenvalue weighted by Gasteiger charge is 2.19. The molecule has 0 aliphatic rings. The number of hydrogen-bond donors (Lipinski definition) is 3. The Balaban J connectivity index is 2.09. The zero-order valence-corrected chi connectivity index (χ0v) is 16.0. The van der Waals surface area contributed by atoms with Crippen LogP contribution in [-0.2, 0) is 5.41 Å². The van der Waals surface area contributed by atoms with Crippen LogP contribution < -0.4 is 5.43 Å². The second-order valence-corrected chi connectivity index (χ2v) is 7.71. The summed E-state index contributed by atoms with van der Waals surface area (Å²) in [6.45, 7) is 6.07. The largest absolute Gasteiger partial charge is 0.506 e. The third-order valence-electron chi connectivity index (χ3n) is 3.05. The first-order chi connectivity index (χ1) is 10.7. The Kier molecular flexibility index (Phi) is 5.26. The van der Waals surface area contributed by atoms with Gasteiger partial charge in [-0.25, -0.2) is 5.43 Å². The lowest BCUT2D eigenvalue weighted by Gasteiger charge is -2.14. The van der Waals surface area contributed by atoms with Gasteiger partial charge in [-0.2, -0.15) is 10.2 Å². The minimum Gasteiger partial charge on any atom is -0.506 e. The van der Waals surface area contributed by atoms with Crippen molar-refractivity contribution < 1.29 is 9.90 Å². The number of phenolic OH excluding ortho intramolecular Hbond substituents is 1. The minimum absolute atomic E-state index is 0.0426. The van der Waals surface area contributed by atoms with E-state index in [2.05, 4.69) is 52.6 Å². The number of nitrogens with one attached hydrogen (secondary N) is 2. The maximum atomic E-state index is 12.0. The summed E-state index contributed by atoms with van der Waals surface area (Å²) in [6.07, 6.45) is 1.36. The average Bonchev–Trinajstić information content (AvgIpc) is 2.93. The number of aromatic hydroxyl groups is 1. The number of rotatable bonds is 3. The van der Waals surface area contributed by atoms with E-state index in [-0.39, 0.29) is 16.9 Å². The van der Waals surface area contributed by atoms with Crippen LogP contribution in [0.4, 0.5) is 0 Å². The molecule has 0 saturated carbocycles. The Bertz CT molecular complexity index is 763. The highest BCUT2D eigenvalue weighted by molar-refractivity contribution is 9.11. The number of hydrazone groups is 1. The molecular weight excluding hydrogens is 428 g/mol. The molecule has 6 nitrogen and oxygen atoms in total. The van der Waals surface area contributed by atoms with E-state index in [0.29, 0.717) is 10.0 Å². The lowest BCUT2D eigenvalue weighted by molar-refractivity contribution is 0.0950. The Morgan fingerprint density at radius 2 is 2.04 bits per heavy atom. The molecule has 0 aliphatic heterocycles. The van der Waals surface area contributed by atoms with Gasteiger partial charge in [0.05, 0.1) is 10.7 Å². The van der Waals surface area contributed by atoms with Crippen molar-refractivity contribution in [2.45, 2.75) is 26.2 Å². The topological polar surface area (TPSA) is 90.4 Å². The molecule has 23 heavy (non-hydrogen) atoms. The molecule has 0 aliphatic carbocycles. The van der Waals surface area contributed by atoms with Gasteiger partial charge in [-0.3, -0.25) is 9.89 Å². The number of carbonyl (C=O) groups excluding carboxylic acids is 1. The molecule has 0 unspecified atom stereocenters. The van der Waals surface area contributed by atoms with Crippen LogP contribution in [0, 0.1) is 0 Å². The number of nitrogens with zero attached hydrogens (tertiary/aromatic N) is 2.